The van der Waals surface area contributed by atoms with Crippen molar-refractivity contribution in [1.29, 1.82) is 5.26 Å². The van der Waals surface area contributed by atoms with Crippen LogP contribution in [0.1, 0.15) is 18.9 Å². The van der Waals surface area contributed by atoms with Crippen LogP contribution in [0.25, 0.3) is 0 Å². The number of benzene rings is 1. The third-order valence-electron chi connectivity index (χ3n) is 3.36. The van der Waals surface area contributed by atoms with E-state index >= 15 is 0 Å². The van der Waals surface area contributed by atoms with Gasteiger partial charge in [-0.15, -0.1) is 11.8 Å². The molecule has 1 N–H and O–H groups in total. The summed E-state index contributed by atoms with van der Waals surface area (Å²) < 4.78 is 0. The molecule has 0 aromatic heterocycles. The molecule has 1 fully saturated rings. The molecule has 0 radical (unpaired) electrons. The van der Waals surface area contributed by atoms with Crippen LogP contribution in [-0.2, 0) is 4.79 Å². The van der Waals surface area contributed by atoms with Crippen LogP contribution in [0.5, 0.6) is 0 Å². The summed E-state index contributed by atoms with van der Waals surface area (Å²) in [7, 11) is 0. The van der Waals surface area contributed by atoms with Crippen LogP contribution in [0.2, 0.25) is 0 Å². The fourth-order valence-electron chi connectivity index (χ4n) is 2.49. The van der Waals surface area contributed by atoms with Crippen molar-refractivity contribution in [2.24, 2.45) is 0 Å². The van der Waals surface area contributed by atoms with E-state index in [-0.39, 0.29) is 12.5 Å². The van der Waals surface area contributed by atoms with Crippen molar-refractivity contribution in [2.75, 3.05) is 28.7 Å². The number of hydrogen-bond donors (Lipinski definition) is 1. The standard InChI is InChI=1S/C15H18N2O2S2/c1-2-21-14-5-3-4-13(12(14)9-16)17-6-7-20-10-11(17)8-15(18)19/h3-5,11H,2,6-8,10H2,1H3,(H,18,19). The van der Waals surface area contributed by atoms with E-state index in [9.17, 15) is 10.1 Å². The van der Waals surface area contributed by atoms with Crippen LogP contribution in [0.3, 0.4) is 0 Å². The van der Waals surface area contributed by atoms with Gasteiger partial charge in [-0.05, 0) is 17.9 Å². The predicted molar refractivity (Wildman–Crippen MR) is 88.3 cm³/mol. The Morgan fingerprint density at radius 1 is 1.62 bits per heavy atom. The van der Waals surface area contributed by atoms with Crippen LogP contribution < -0.4 is 4.90 Å². The van der Waals surface area contributed by atoms with E-state index in [1.165, 1.54) is 0 Å². The quantitative estimate of drug-likeness (QED) is 0.841. The van der Waals surface area contributed by atoms with Crippen molar-refractivity contribution in [3.8, 4) is 6.07 Å². The smallest absolute Gasteiger partial charge is 0.305 e. The maximum Gasteiger partial charge on any atom is 0.305 e. The van der Waals surface area contributed by atoms with Crippen LogP contribution in [-0.4, -0.2) is 40.9 Å². The summed E-state index contributed by atoms with van der Waals surface area (Å²) in [4.78, 5) is 14.1. The second-order valence-electron chi connectivity index (χ2n) is 4.72. The SMILES string of the molecule is CCSc1cccc(N2CCSCC2CC(=O)O)c1C#N. The van der Waals surface area contributed by atoms with Gasteiger partial charge in [-0.1, -0.05) is 13.0 Å². The third kappa shape index (κ3) is 3.86. The second-order valence-corrected chi connectivity index (χ2v) is 7.17. The average Bonchev–Trinajstić information content (AvgIpc) is 2.47. The molecule has 2 rings (SSSR count). The lowest BCUT2D eigenvalue weighted by atomic mass is 10.1. The molecule has 0 aliphatic carbocycles. The highest BCUT2D eigenvalue weighted by molar-refractivity contribution is 7.99. The minimum atomic E-state index is -0.787. The first-order chi connectivity index (χ1) is 10.2. The van der Waals surface area contributed by atoms with Crippen LogP contribution in [0.15, 0.2) is 23.1 Å². The van der Waals surface area contributed by atoms with Crippen LogP contribution in [0, 0.1) is 11.3 Å². The summed E-state index contributed by atoms with van der Waals surface area (Å²) in [6.45, 7) is 2.85. The number of carbonyl (C=O) groups is 1. The summed E-state index contributed by atoms with van der Waals surface area (Å²) in [5.74, 6) is 1.88. The van der Waals surface area contributed by atoms with E-state index in [0.29, 0.717) is 5.56 Å². The highest BCUT2D eigenvalue weighted by Crippen LogP contribution is 2.33. The predicted octanol–water partition coefficient (Wildman–Crippen LogP) is 3.07. The highest BCUT2D eigenvalue weighted by Gasteiger charge is 2.27. The van der Waals surface area contributed by atoms with Crippen molar-refractivity contribution in [3.63, 3.8) is 0 Å². The topological polar surface area (TPSA) is 64.3 Å². The zero-order valence-electron chi connectivity index (χ0n) is 11.9. The Balaban J connectivity index is 2.36. The maximum absolute atomic E-state index is 11.1. The van der Waals surface area contributed by atoms with Gasteiger partial charge in [0.05, 0.1) is 17.7 Å². The third-order valence-corrected chi connectivity index (χ3v) is 5.39. The number of nitriles is 1. The molecule has 0 bridgehead atoms. The first-order valence-corrected chi connectivity index (χ1v) is 9.03. The van der Waals surface area contributed by atoms with E-state index in [1.54, 1.807) is 23.5 Å². The summed E-state index contributed by atoms with van der Waals surface area (Å²) in [6.07, 6.45) is 0.114. The Morgan fingerprint density at radius 2 is 2.43 bits per heavy atom. The molecular weight excluding hydrogens is 304 g/mol. The molecule has 1 atom stereocenters. The summed E-state index contributed by atoms with van der Waals surface area (Å²) >= 11 is 3.43. The van der Waals surface area contributed by atoms with E-state index in [4.69, 9.17) is 5.11 Å². The summed E-state index contributed by atoms with van der Waals surface area (Å²) in [5.41, 5.74) is 1.55. The van der Waals surface area contributed by atoms with Crippen molar-refractivity contribution in [2.45, 2.75) is 24.3 Å². The monoisotopic (exact) mass is 322 g/mol. The van der Waals surface area contributed by atoms with Gasteiger partial charge in [-0.3, -0.25) is 4.79 Å². The van der Waals surface area contributed by atoms with Crippen molar-refractivity contribution < 1.29 is 9.90 Å². The Morgan fingerprint density at radius 3 is 3.10 bits per heavy atom. The number of thioether (sulfide) groups is 2. The number of aliphatic carboxylic acids is 1. The lowest BCUT2D eigenvalue weighted by Crippen LogP contribution is -2.44. The molecule has 0 spiro atoms. The minimum absolute atomic E-state index is 0.0461. The van der Waals surface area contributed by atoms with Gasteiger partial charge >= 0.3 is 5.97 Å². The average molecular weight is 322 g/mol. The van der Waals surface area contributed by atoms with Crippen LogP contribution >= 0.6 is 23.5 Å². The number of nitrogens with zero attached hydrogens (tertiary/aromatic N) is 2. The van der Waals surface area contributed by atoms with E-state index < -0.39 is 5.97 Å². The number of carboxylic acids is 1. The number of hydrogen-bond acceptors (Lipinski definition) is 5. The first kappa shape index (κ1) is 16.1. The molecule has 1 aromatic carbocycles. The first-order valence-electron chi connectivity index (χ1n) is 6.89. The molecule has 6 heteroatoms. The molecule has 1 heterocycles. The molecular formula is C15H18N2O2S2. The molecule has 0 saturated carbocycles. The second kappa shape index (κ2) is 7.62. The van der Waals surface area contributed by atoms with E-state index in [0.717, 1.165) is 34.4 Å². The van der Waals surface area contributed by atoms with Crippen LogP contribution in [0.4, 0.5) is 5.69 Å². The van der Waals surface area contributed by atoms with E-state index in [1.807, 2.05) is 18.2 Å². The highest BCUT2D eigenvalue weighted by atomic mass is 32.2. The van der Waals surface area contributed by atoms with Gasteiger partial charge in [0.15, 0.2) is 0 Å². The Bertz CT molecular complexity index is 557. The lowest BCUT2D eigenvalue weighted by Gasteiger charge is -2.37. The molecule has 21 heavy (non-hydrogen) atoms. The zero-order chi connectivity index (χ0) is 15.2. The van der Waals surface area contributed by atoms with Gasteiger partial charge in [-0.2, -0.15) is 17.0 Å². The normalized spacial score (nSPS) is 18.3. The van der Waals surface area contributed by atoms with Gasteiger partial charge in [-0.25, -0.2) is 0 Å². The summed E-state index contributed by atoms with van der Waals surface area (Å²) in [5, 5.41) is 18.6. The van der Waals surface area contributed by atoms with Gasteiger partial charge in [0.1, 0.15) is 6.07 Å². The molecule has 1 aliphatic rings. The molecule has 1 unspecified atom stereocenters. The van der Waals surface area contributed by atoms with Gasteiger partial charge < -0.3 is 10.0 Å². The van der Waals surface area contributed by atoms with E-state index in [2.05, 4.69) is 17.9 Å². The maximum atomic E-state index is 11.1. The summed E-state index contributed by atoms with van der Waals surface area (Å²) in [6, 6.07) is 8.10. The Hall–Kier alpha value is -1.32. The van der Waals surface area contributed by atoms with Gasteiger partial charge in [0.2, 0.25) is 0 Å². The number of rotatable bonds is 5. The molecule has 0 amide bonds. The minimum Gasteiger partial charge on any atom is -0.481 e. The molecule has 112 valence electrons. The fourth-order valence-corrected chi connectivity index (χ4v) is 4.33. The van der Waals surface area contributed by atoms with Gasteiger partial charge in [0, 0.05) is 29.0 Å². The number of anilines is 1. The Kier molecular flexibility index (Phi) is 5.83. The Labute approximate surface area is 133 Å². The lowest BCUT2D eigenvalue weighted by molar-refractivity contribution is -0.137. The largest absolute Gasteiger partial charge is 0.481 e. The molecule has 1 aromatic rings. The van der Waals surface area contributed by atoms with Crippen molar-refractivity contribution >= 4 is 35.2 Å². The zero-order valence-corrected chi connectivity index (χ0v) is 13.5. The molecule has 1 aliphatic heterocycles. The van der Waals surface area contributed by atoms with Gasteiger partial charge in [0.25, 0.3) is 0 Å². The fraction of sp³-hybridized carbons (Fsp3) is 0.467. The number of carboxylic acid groups (broad SMARTS) is 1. The van der Waals surface area contributed by atoms with Crippen molar-refractivity contribution in [3.05, 3.63) is 23.8 Å². The molecule has 1 saturated heterocycles. The molecule has 4 nitrogen and oxygen atoms in total. The van der Waals surface area contributed by atoms with Crippen molar-refractivity contribution in [1.82, 2.24) is 0 Å².